The number of aromatic nitrogens is 3. The molecule has 3 heterocycles. The zero-order valence-electron chi connectivity index (χ0n) is 15.0. The maximum absolute atomic E-state index is 13.1. The highest BCUT2D eigenvalue weighted by Gasteiger charge is 2.21. The molecule has 0 amide bonds. The number of likely N-dealkylation sites (tertiary alicyclic amines) is 1. The maximum Gasteiger partial charge on any atom is 0.157 e. The monoisotopic (exact) mass is 353 g/mol. The summed E-state index contributed by atoms with van der Waals surface area (Å²) in [6, 6.07) is 11.2. The molecule has 1 aromatic carbocycles. The number of aryl methyl sites for hydroxylation is 1. The molecule has 1 saturated heterocycles. The number of halogens is 1. The van der Waals surface area contributed by atoms with Crippen molar-refractivity contribution in [3.8, 4) is 0 Å². The van der Waals surface area contributed by atoms with Crippen molar-refractivity contribution in [2.45, 2.75) is 38.8 Å². The van der Waals surface area contributed by atoms with Crippen LogP contribution < -0.4 is 5.32 Å². The molecule has 0 radical (unpaired) electrons. The Balaban J connectivity index is 1.46. The molecule has 0 unspecified atom stereocenters. The maximum atomic E-state index is 13.1. The van der Waals surface area contributed by atoms with E-state index in [1.54, 1.807) is 6.20 Å². The van der Waals surface area contributed by atoms with E-state index in [0.717, 1.165) is 61.6 Å². The molecule has 1 fully saturated rings. The lowest BCUT2D eigenvalue weighted by atomic mass is 10.0. The van der Waals surface area contributed by atoms with E-state index >= 15 is 0 Å². The number of nitrogens with one attached hydrogen (secondary N) is 1. The molecule has 0 saturated carbocycles. The number of hydrogen-bond acceptors (Lipinski definition) is 4. The summed E-state index contributed by atoms with van der Waals surface area (Å²) >= 11 is 0. The fraction of sp³-hybridized carbons (Fsp3) is 0.400. The van der Waals surface area contributed by atoms with Crippen molar-refractivity contribution in [1.29, 1.82) is 0 Å². The first kappa shape index (κ1) is 17.0. The first-order valence-electron chi connectivity index (χ1n) is 9.28. The van der Waals surface area contributed by atoms with Crippen molar-refractivity contribution in [3.63, 3.8) is 0 Å². The van der Waals surface area contributed by atoms with Gasteiger partial charge < -0.3 is 5.32 Å². The van der Waals surface area contributed by atoms with Crippen molar-refractivity contribution >= 4 is 11.5 Å². The van der Waals surface area contributed by atoms with Gasteiger partial charge in [0.05, 0.1) is 6.20 Å². The van der Waals surface area contributed by atoms with Gasteiger partial charge in [-0.15, -0.1) is 0 Å². The number of anilines is 1. The first-order valence-corrected chi connectivity index (χ1v) is 9.28. The number of hydrogen-bond donors (Lipinski definition) is 1. The number of fused-ring (bicyclic) bond motifs is 1. The van der Waals surface area contributed by atoms with Gasteiger partial charge in [0.15, 0.2) is 5.65 Å². The summed E-state index contributed by atoms with van der Waals surface area (Å²) in [5, 5.41) is 8.07. The van der Waals surface area contributed by atoms with Crippen LogP contribution in [0.3, 0.4) is 0 Å². The fourth-order valence-corrected chi connectivity index (χ4v) is 3.62. The van der Waals surface area contributed by atoms with Crippen LogP contribution in [0.2, 0.25) is 0 Å². The highest BCUT2D eigenvalue weighted by atomic mass is 19.1. The lowest BCUT2D eigenvalue weighted by Gasteiger charge is -2.33. The summed E-state index contributed by atoms with van der Waals surface area (Å²) in [7, 11) is 0. The van der Waals surface area contributed by atoms with Gasteiger partial charge in [0.1, 0.15) is 11.6 Å². The Bertz CT molecular complexity index is 874. The predicted octanol–water partition coefficient (Wildman–Crippen LogP) is 3.51. The van der Waals surface area contributed by atoms with Crippen LogP contribution >= 0.6 is 0 Å². The van der Waals surface area contributed by atoms with Gasteiger partial charge in [-0.2, -0.15) is 9.61 Å². The van der Waals surface area contributed by atoms with Crippen LogP contribution in [0.1, 0.15) is 31.0 Å². The zero-order chi connectivity index (χ0) is 17.9. The fourth-order valence-electron chi connectivity index (χ4n) is 3.62. The summed E-state index contributed by atoms with van der Waals surface area (Å²) in [6.45, 7) is 5.00. The molecule has 5 nitrogen and oxygen atoms in total. The highest BCUT2D eigenvalue weighted by Crippen LogP contribution is 2.19. The Morgan fingerprint density at radius 2 is 2.08 bits per heavy atom. The Hall–Kier alpha value is -2.47. The Kier molecular flexibility index (Phi) is 4.84. The zero-order valence-corrected chi connectivity index (χ0v) is 15.0. The number of nitrogens with zero attached hydrogens (tertiary/aromatic N) is 4. The largest absolute Gasteiger partial charge is 0.366 e. The summed E-state index contributed by atoms with van der Waals surface area (Å²) in [6.07, 6.45) is 4.96. The molecule has 1 N–H and O–H groups in total. The second-order valence-corrected chi connectivity index (χ2v) is 6.93. The molecule has 0 spiro atoms. The average Bonchev–Trinajstić information content (AvgIpc) is 3.13. The molecule has 6 heteroatoms. The third-order valence-electron chi connectivity index (χ3n) is 4.95. The average molecular weight is 353 g/mol. The first-order chi connectivity index (χ1) is 12.7. The van der Waals surface area contributed by atoms with E-state index in [2.05, 4.69) is 33.3 Å². The van der Waals surface area contributed by atoms with Gasteiger partial charge in [0.2, 0.25) is 0 Å². The molecule has 1 atom stereocenters. The number of benzene rings is 1. The number of rotatable bonds is 5. The Morgan fingerprint density at radius 1 is 1.23 bits per heavy atom. The molecule has 0 bridgehead atoms. The SMILES string of the molecule is CCc1cc(N[C@H]2CCCN(Cc3ccc(F)cc3)C2)n2nccc2n1. The quantitative estimate of drug-likeness (QED) is 0.762. The van der Waals surface area contributed by atoms with Crippen LogP contribution in [0.4, 0.5) is 10.2 Å². The standard InChI is InChI=1S/C20H24FN5/c1-2-17-12-20(26-19(23-17)9-10-22-26)24-18-4-3-11-25(14-18)13-15-5-7-16(21)8-6-15/h5-10,12,18,24H,2-4,11,13-14H2,1H3/t18-/m0/s1. The molecular formula is C20H24FN5. The van der Waals surface area contributed by atoms with Crippen molar-refractivity contribution in [1.82, 2.24) is 19.5 Å². The van der Waals surface area contributed by atoms with Crippen LogP contribution in [0, 0.1) is 5.82 Å². The Morgan fingerprint density at radius 3 is 2.88 bits per heavy atom. The smallest absolute Gasteiger partial charge is 0.157 e. The summed E-state index contributed by atoms with van der Waals surface area (Å²) in [4.78, 5) is 7.03. The van der Waals surface area contributed by atoms with Gasteiger partial charge in [-0.3, -0.25) is 4.90 Å². The summed E-state index contributed by atoms with van der Waals surface area (Å²) < 4.78 is 15.0. The van der Waals surface area contributed by atoms with Gasteiger partial charge in [-0.05, 0) is 43.5 Å². The van der Waals surface area contributed by atoms with Crippen LogP contribution in [-0.2, 0) is 13.0 Å². The normalized spacial score (nSPS) is 18.3. The van der Waals surface area contributed by atoms with Gasteiger partial charge in [-0.1, -0.05) is 19.1 Å². The molecule has 1 aliphatic rings. The van der Waals surface area contributed by atoms with E-state index < -0.39 is 0 Å². The lowest BCUT2D eigenvalue weighted by molar-refractivity contribution is 0.208. The summed E-state index contributed by atoms with van der Waals surface area (Å²) in [5.74, 6) is 0.824. The third-order valence-corrected chi connectivity index (χ3v) is 4.95. The minimum atomic E-state index is -0.181. The van der Waals surface area contributed by atoms with Crippen LogP contribution in [-0.4, -0.2) is 38.6 Å². The highest BCUT2D eigenvalue weighted by molar-refractivity contribution is 5.49. The van der Waals surface area contributed by atoms with Gasteiger partial charge in [-0.25, -0.2) is 9.37 Å². The van der Waals surface area contributed by atoms with Gasteiger partial charge in [0, 0.05) is 37.0 Å². The second kappa shape index (κ2) is 7.41. The molecule has 0 aliphatic carbocycles. The van der Waals surface area contributed by atoms with Crippen molar-refractivity contribution in [3.05, 3.63) is 59.7 Å². The van der Waals surface area contributed by atoms with E-state index in [-0.39, 0.29) is 5.82 Å². The second-order valence-electron chi connectivity index (χ2n) is 6.93. The topological polar surface area (TPSA) is 45.5 Å². The van der Waals surface area contributed by atoms with Crippen LogP contribution in [0.25, 0.3) is 5.65 Å². The van der Waals surface area contributed by atoms with Crippen LogP contribution in [0.15, 0.2) is 42.6 Å². The number of piperidine rings is 1. The van der Waals surface area contributed by atoms with Crippen molar-refractivity contribution < 1.29 is 4.39 Å². The molecule has 3 aromatic rings. The minimum absolute atomic E-state index is 0.181. The summed E-state index contributed by atoms with van der Waals surface area (Å²) in [5.41, 5.74) is 3.10. The van der Waals surface area contributed by atoms with E-state index in [0.29, 0.717) is 6.04 Å². The van der Waals surface area contributed by atoms with E-state index in [4.69, 9.17) is 0 Å². The van der Waals surface area contributed by atoms with Crippen molar-refractivity contribution in [2.75, 3.05) is 18.4 Å². The predicted molar refractivity (Wildman–Crippen MR) is 101 cm³/mol. The molecule has 26 heavy (non-hydrogen) atoms. The van der Waals surface area contributed by atoms with E-state index in [1.807, 2.05) is 22.7 Å². The minimum Gasteiger partial charge on any atom is -0.366 e. The molecular weight excluding hydrogens is 329 g/mol. The molecule has 136 valence electrons. The third kappa shape index (κ3) is 3.70. The molecule has 2 aromatic heterocycles. The van der Waals surface area contributed by atoms with E-state index in [1.165, 1.54) is 12.1 Å². The van der Waals surface area contributed by atoms with Crippen LogP contribution in [0.5, 0.6) is 0 Å². The van der Waals surface area contributed by atoms with Gasteiger partial charge >= 0.3 is 0 Å². The molecule has 1 aliphatic heterocycles. The van der Waals surface area contributed by atoms with Crippen molar-refractivity contribution in [2.24, 2.45) is 0 Å². The molecule has 4 rings (SSSR count). The van der Waals surface area contributed by atoms with E-state index in [9.17, 15) is 4.39 Å². The lowest BCUT2D eigenvalue weighted by Crippen LogP contribution is -2.42. The van der Waals surface area contributed by atoms with Gasteiger partial charge in [0.25, 0.3) is 0 Å². The Labute approximate surface area is 152 Å².